The van der Waals surface area contributed by atoms with Gasteiger partial charge in [-0.25, -0.2) is 4.79 Å². The Kier molecular flexibility index (Phi) is 2.54. The number of hydrogen-bond donors (Lipinski definition) is 1. The van der Waals surface area contributed by atoms with E-state index in [9.17, 15) is 9.59 Å². The van der Waals surface area contributed by atoms with Gasteiger partial charge in [0.05, 0.1) is 5.41 Å². The molecule has 2 rings (SSSR count). The van der Waals surface area contributed by atoms with Gasteiger partial charge in [0, 0.05) is 0 Å². The molecule has 84 valence electrons. The third-order valence-corrected chi connectivity index (χ3v) is 3.35. The number of benzene rings is 1. The molecule has 16 heavy (non-hydrogen) atoms. The first kappa shape index (κ1) is 10.9. The topological polar surface area (TPSA) is 54.4 Å². The van der Waals surface area contributed by atoms with Crippen LogP contribution in [0.2, 0.25) is 0 Å². The zero-order valence-electron chi connectivity index (χ0n) is 9.14. The van der Waals surface area contributed by atoms with E-state index in [4.69, 9.17) is 5.11 Å². The normalized spacial score (nSPS) is 28.2. The Morgan fingerprint density at radius 1 is 1.25 bits per heavy atom. The molecule has 1 fully saturated rings. The molecule has 0 radical (unpaired) electrons. The number of carbonyl (C=O) groups excluding carboxylic acids is 1. The van der Waals surface area contributed by atoms with Crippen LogP contribution in [0.1, 0.15) is 25.3 Å². The van der Waals surface area contributed by atoms with E-state index in [0.29, 0.717) is 18.8 Å². The van der Waals surface area contributed by atoms with Crippen molar-refractivity contribution in [3.63, 3.8) is 0 Å². The Morgan fingerprint density at radius 3 is 2.25 bits per heavy atom. The van der Waals surface area contributed by atoms with Gasteiger partial charge in [0.2, 0.25) is 5.78 Å². The summed E-state index contributed by atoms with van der Waals surface area (Å²) < 4.78 is 0. The largest absolute Gasteiger partial charge is 0.475 e. The zero-order chi connectivity index (χ0) is 11.8. The number of carbonyl (C=O) groups is 2. The molecule has 0 amide bonds. The lowest BCUT2D eigenvalue weighted by Crippen LogP contribution is -2.49. The third kappa shape index (κ3) is 1.52. The van der Waals surface area contributed by atoms with Gasteiger partial charge in [0.15, 0.2) is 0 Å². The van der Waals surface area contributed by atoms with Crippen molar-refractivity contribution in [1.29, 1.82) is 0 Å². The van der Waals surface area contributed by atoms with Crippen LogP contribution in [0.15, 0.2) is 30.3 Å². The predicted molar refractivity (Wildman–Crippen MR) is 59.2 cm³/mol. The third-order valence-electron chi connectivity index (χ3n) is 3.35. The van der Waals surface area contributed by atoms with E-state index in [1.54, 1.807) is 0 Å². The van der Waals surface area contributed by atoms with Crippen molar-refractivity contribution in [3.05, 3.63) is 35.9 Å². The monoisotopic (exact) mass is 218 g/mol. The van der Waals surface area contributed by atoms with Crippen molar-refractivity contribution >= 4 is 11.8 Å². The predicted octanol–water partition coefficient (Wildman–Crippen LogP) is 2.01. The minimum atomic E-state index is -1.32. The van der Waals surface area contributed by atoms with E-state index < -0.39 is 17.2 Å². The molecule has 0 heterocycles. The fraction of sp³-hybridized carbons (Fsp3) is 0.385. The van der Waals surface area contributed by atoms with Crippen molar-refractivity contribution in [2.45, 2.75) is 25.2 Å². The highest BCUT2D eigenvalue weighted by atomic mass is 16.4. The summed E-state index contributed by atoms with van der Waals surface area (Å²) in [5.74, 6) is -1.57. The van der Waals surface area contributed by atoms with Gasteiger partial charge >= 0.3 is 5.97 Å². The van der Waals surface area contributed by atoms with E-state index in [0.717, 1.165) is 5.56 Å². The fourth-order valence-electron chi connectivity index (χ4n) is 2.64. The molecule has 0 saturated heterocycles. The highest BCUT2D eigenvalue weighted by Crippen LogP contribution is 2.48. The SMILES string of the molecule is CC1CC(C(=O)C(=O)O)(c2ccccc2)C1. The number of ketones is 1. The van der Waals surface area contributed by atoms with Crippen molar-refractivity contribution in [1.82, 2.24) is 0 Å². The molecule has 1 aliphatic carbocycles. The van der Waals surface area contributed by atoms with Crippen LogP contribution in [-0.4, -0.2) is 16.9 Å². The molecule has 0 atom stereocenters. The van der Waals surface area contributed by atoms with Crippen LogP contribution >= 0.6 is 0 Å². The molecule has 0 aliphatic heterocycles. The van der Waals surface area contributed by atoms with Crippen LogP contribution in [0, 0.1) is 5.92 Å². The minimum Gasteiger partial charge on any atom is -0.475 e. The number of aliphatic carboxylic acids is 1. The Hall–Kier alpha value is -1.64. The lowest BCUT2D eigenvalue weighted by atomic mass is 9.57. The van der Waals surface area contributed by atoms with Gasteiger partial charge in [-0.15, -0.1) is 0 Å². The van der Waals surface area contributed by atoms with Crippen LogP contribution in [-0.2, 0) is 15.0 Å². The summed E-state index contributed by atoms with van der Waals surface area (Å²) in [6.07, 6.45) is 1.28. The molecular formula is C13H14O3. The van der Waals surface area contributed by atoms with Crippen LogP contribution in [0.25, 0.3) is 0 Å². The number of hydrogen-bond acceptors (Lipinski definition) is 2. The molecule has 3 heteroatoms. The molecular weight excluding hydrogens is 204 g/mol. The van der Waals surface area contributed by atoms with Crippen molar-refractivity contribution in [3.8, 4) is 0 Å². The quantitative estimate of drug-likeness (QED) is 0.789. The van der Waals surface area contributed by atoms with Gasteiger partial charge < -0.3 is 5.11 Å². The van der Waals surface area contributed by atoms with Crippen molar-refractivity contribution in [2.24, 2.45) is 5.92 Å². The number of carboxylic acid groups (broad SMARTS) is 1. The van der Waals surface area contributed by atoms with Crippen LogP contribution in [0.4, 0.5) is 0 Å². The molecule has 0 spiro atoms. The summed E-state index contributed by atoms with van der Waals surface area (Å²) in [6.45, 7) is 2.04. The number of rotatable bonds is 3. The fourth-order valence-corrected chi connectivity index (χ4v) is 2.64. The van der Waals surface area contributed by atoms with Gasteiger partial charge in [-0.3, -0.25) is 4.79 Å². The Labute approximate surface area is 94.1 Å². The summed E-state index contributed by atoms with van der Waals surface area (Å²) >= 11 is 0. The van der Waals surface area contributed by atoms with E-state index in [-0.39, 0.29) is 0 Å². The second-order valence-corrected chi connectivity index (χ2v) is 4.60. The first-order valence-corrected chi connectivity index (χ1v) is 5.39. The number of carboxylic acids is 1. The van der Waals surface area contributed by atoms with Crippen molar-refractivity contribution in [2.75, 3.05) is 0 Å². The molecule has 3 nitrogen and oxygen atoms in total. The zero-order valence-corrected chi connectivity index (χ0v) is 9.14. The standard InChI is InChI=1S/C13H14O3/c1-9-7-13(8-9,11(14)12(15)16)10-5-3-2-4-6-10/h2-6,9H,7-8H2,1H3,(H,15,16). The molecule has 0 aromatic heterocycles. The van der Waals surface area contributed by atoms with Gasteiger partial charge in [-0.2, -0.15) is 0 Å². The maximum absolute atomic E-state index is 11.8. The smallest absolute Gasteiger partial charge is 0.373 e. The Balaban J connectivity index is 2.38. The van der Waals surface area contributed by atoms with Gasteiger partial charge in [0.1, 0.15) is 0 Å². The lowest BCUT2D eigenvalue weighted by molar-refractivity contribution is -0.154. The second-order valence-electron chi connectivity index (χ2n) is 4.60. The maximum atomic E-state index is 11.8. The minimum absolute atomic E-state index is 0.420. The second kappa shape index (κ2) is 3.74. The van der Waals surface area contributed by atoms with Crippen molar-refractivity contribution < 1.29 is 14.7 Å². The first-order chi connectivity index (χ1) is 7.56. The van der Waals surface area contributed by atoms with E-state index >= 15 is 0 Å². The van der Waals surface area contributed by atoms with Crippen LogP contribution < -0.4 is 0 Å². The van der Waals surface area contributed by atoms with E-state index in [1.807, 2.05) is 37.3 Å². The maximum Gasteiger partial charge on any atom is 0.373 e. The molecule has 1 N–H and O–H groups in total. The summed E-state index contributed by atoms with van der Waals surface area (Å²) in [5.41, 5.74) is 0.0625. The molecule has 0 bridgehead atoms. The lowest BCUT2D eigenvalue weighted by Gasteiger charge is -2.44. The molecule has 0 unspecified atom stereocenters. The summed E-state index contributed by atoms with van der Waals surface area (Å²) in [7, 11) is 0. The molecule has 1 aromatic carbocycles. The average Bonchev–Trinajstić information content (AvgIpc) is 2.24. The van der Waals surface area contributed by atoms with E-state index in [1.165, 1.54) is 0 Å². The molecule has 1 aliphatic rings. The van der Waals surface area contributed by atoms with Gasteiger partial charge in [0.25, 0.3) is 0 Å². The molecule has 1 saturated carbocycles. The average molecular weight is 218 g/mol. The van der Waals surface area contributed by atoms with Crippen LogP contribution in [0.3, 0.4) is 0 Å². The van der Waals surface area contributed by atoms with Crippen LogP contribution in [0.5, 0.6) is 0 Å². The van der Waals surface area contributed by atoms with Gasteiger partial charge in [-0.1, -0.05) is 37.3 Å². The Bertz CT molecular complexity index is 416. The van der Waals surface area contributed by atoms with E-state index in [2.05, 4.69) is 0 Å². The highest BCUT2D eigenvalue weighted by Gasteiger charge is 2.51. The summed E-state index contributed by atoms with van der Waals surface area (Å²) in [6, 6.07) is 9.23. The van der Waals surface area contributed by atoms with Gasteiger partial charge in [-0.05, 0) is 24.3 Å². The highest BCUT2D eigenvalue weighted by molar-refractivity contribution is 6.36. The molecule has 1 aromatic rings. The summed E-state index contributed by atoms with van der Waals surface area (Å²) in [5, 5.41) is 8.88. The Morgan fingerprint density at radius 2 is 1.81 bits per heavy atom. The summed E-state index contributed by atoms with van der Waals surface area (Å²) in [4.78, 5) is 22.7. The first-order valence-electron chi connectivity index (χ1n) is 5.39. The number of Topliss-reactive ketones (excluding diaryl/α,β-unsaturated/α-hetero) is 1.